The molecule has 0 atom stereocenters. The van der Waals surface area contributed by atoms with Crippen molar-refractivity contribution in [1.29, 1.82) is 0 Å². The molecule has 1 aliphatic rings. The molecular formula is C28H32ClN3O5. The Kier molecular flexibility index (Phi) is 7.08. The van der Waals surface area contributed by atoms with Gasteiger partial charge in [-0.1, -0.05) is 44.5 Å². The van der Waals surface area contributed by atoms with Gasteiger partial charge in [0.2, 0.25) is 5.91 Å². The number of carbonyl (C=O) groups is 3. The highest BCUT2D eigenvalue weighted by Gasteiger charge is 2.40. The van der Waals surface area contributed by atoms with Gasteiger partial charge in [0.1, 0.15) is 5.52 Å². The molecule has 0 radical (unpaired) electrons. The van der Waals surface area contributed by atoms with Crippen LogP contribution in [0.25, 0.3) is 22.4 Å². The fourth-order valence-corrected chi connectivity index (χ4v) is 4.83. The average Bonchev–Trinajstić information content (AvgIpc) is 3.25. The van der Waals surface area contributed by atoms with Gasteiger partial charge in [0.25, 0.3) is 5.91 Å². The quantitative estimate of drug-likeness (QED) is 0.480. The lowest BCUT2D eigenvalue weighted by Gasteiger charge is -2.46. The molecule has 0 spiro atoms. The first-order valence-corrected chi connectivity index (χ1v) is 12.7. The smallest absolute Gasteiger partial charge is 0.303 e. The topological polar surface area (TPSA) is 104 Å². The molecule has 0 bridgehead atoms. The van der Waals surface area contributed by atoms with Crippen LogP contribution in [0.5, 0.6) is 0 Å². The van der Waals surface area contributed by atoms with Crippen LogP contribution in [0.1, 0.15) is 63.6 Å². The highest BCUT2D eigenvalue weighted by molar-refractivity contribution is 6.30. The number of carbonyl (C=O) groups excluding carboxylic acids is 2. The Labute approximate surface area is 221 Å². The highest BCUT2D eigenvalue weighted by atomic mass is 35.5. The molecule has 1 aliphatic heterocycles. The monoisotopic (exact) mass is 525 g/mol. The summed E-state index contributed by atoms with van der Waals surface area (Å²) in [6.07, 6.45) is -0.265. The lowest BCUT2D eigenvalue weighted by Crippen LogP contribution is -2.62. The van der Waals surface area contributed by atoms with E-state index in [0.29, 0.717) is 35.8 Å². The zero-order chi connectivity index (χ0) is 27.1. The molecular weight excluding hydrogens is 494 g/mol. The third-order valence-electron chi connectivity index (χ3n) is 6.69. The van der Waals surface area contributed by atoms with E-state index >= 15 is 0 Å². The Morgan fingerprint density at radius 2 is 1.76 bits per heavy atom. The first kappa shape index (κ1) is 26.7. The third kappa shape index (κ3) is 5.64. The van der Waals surface area contributed by atoms with E-state index in [1.807, 2.05) is 44.2 Å². The molecule has 0 unspecified atom stereocenters. The van der Waals surface area contributed by atoms with E-state index in [1.165, 1.54) is 0 Å². The predicted octanol–water partition coefficient (Wildman–Crippen LogP) is 5.37. The second kappa shape index (κ2) is 9.82. The maximum atomic E-state index is 13.6. The van der Waals surface area contributed by atoms with Crippen molar-refractivity contribution in [2.75, 3.05) is 19.6 Å². The van der Waals surface area contributed by atoms with Crippen LogP contribution >= 0.6 is 11.6 Å². The van der Waals surface area contributed by atoms with E-state index < -0.39 is 11.5 Å². The van der Waals surface area contributed by atoms with Crippen LogP contribution in [0.2, 0.25) is 5.02 Å². The maximum absolute atomic E-state index is 13.6. The zero-order valence-electron chi connectivity index (χ0n) is 21.8. The summed E-state index contributed by atoms with van der Waals surface area (Å²) in [5.74, 6) is -1.30. The van der Waals surface area contributed by atoms with Crippen LogP contribution in [0.3, 0.4) is 0 Å². The number of nitrogens with zero attached hydrogens (tertiary/aromatic N) is 3. The Morgan fingerprint density at radius 3 is 2.35 bits per heavy atom. The number of carboxylic acid groups (broad SMARTS) is 1. The Balaban J connectivity index is 1.64. The summed E-state index contributed by atoms with van der Waals surface area (Å²) < 4.78 is 6.16. The predicted molar refractivity (Wildman–Crippen MR) is 142 cm³/mol. The normalized spacial score (nSPS) is 15.7. The molecule has 9 heteroatoms. The van der Waals surface area contributed by atoms with Gasteiger partial charge in [-0.25, -0.2) is 4.98 Å². The van der Waals surface area contributed by atoms with Crippen molar-refractivity contribution in [2.45, 2.75) is 58.4 Å². The number of aliphatic carboxylic acids is 1. The lowest BCUT2D eigenvalue weighted by atomic mass is 9.86. The molecule has 196 valence electrons. The van der Waals surface area contributed by atoms with Crippen molar-refractivity contribution in [3.05, 3.63) is 52.7 Å². The second-order valence-electron chi connectivity index (χ2n) is 11.1. The van der Waals surface area contributed by atoms with Gasteiger partial charge in [0, 0.05) is 48.3 Å². The van der Waals surface area contributed by atoms with Crippen molar-refractivity contribution in [3.8, 4) is 11.3 Å². The molecule has 1 N–H and O–H groups in total. The lowest BCUT2D eigenvalue weighted by molar-refractivity contribution is -0.142. The number of fused-ring (bicyclic) bond motifs is 1. The van der Waals surface area contributed by atoms with E-state index in [2.05, 4.69) is 20.8 Å². The maximum Gasteiger partial charge on any atom is 0.303 e. The molecule has 3 aromatic rings. The summed E-state index contributed by atoms with van der Waals surface area (Å²) in [6, 6.07) is 11.1. The largest absolute Gasteiger partial charge is 0.481 e. The van der Waals surface area contributed by atoms with Gasteiger partial charge < -0.3 is 19.3 Å². The molecule has 1 saturated heterocycles. The van der Waals surface area contributed by atoms with Crippen LogP contribution in [0.4, 0.5) is 0 Å². The molecule has 0 saturated carbocycles. The number of furan rings is 1. The fourth-order valence-electron chi connectivity index (χ4n) is 4.70. The Bertz CT molecular complexity index is 1350. The summed E-state index contributed by atoms with van der Waals surface area (Å²) in [4.78, 5) is 45.1. The van der Waals surface area contributed by atoms with Gasteiger partial charge in [-0.2, -0.15) is 0 Å². The van der Waals surface area contributed by atoms with Crippen LogP contribution in [0.15, 0.2) is 40.8 Å². The van der Waals surface area contributed by atoms with Crippen LogP contribution in [-0.2, 0) is 15.0 Å². The van der Waals surface area contributed by atoms with E-state index in [4.69, 9.17) is 26.1 Å². The van der Waals surface area contributed by atoms with Crippen molar-refractivity contribution in [3.63, 3.8) is 0 Å². The first-order valence-electron chi connectivity index (χ1n) is 12.3. The van der Waals surface area contributed by atoms with Crippen molar-refractivity contribution >= 4 is 40.5 Å². The van der Waals surface area contributed by atoms with Crippen LogP contribution in [-0.4, -0.2) is 62.8 Å². The van der Waals surface area contributed by atoms with Crippen molar-refractivity contribution < 1.29 is 23.9 Å². The number of amides is 2. The summed E-state index contributed by atoms with van der Waals surface area (Å²) in [5.41, 5.74) is 2.87. The molecule has 8 nitrogen and oxygen atoms in total. The van der Waals surface area contributed by atoms with E-state index in [9.17, 15) is 14.4 Å². The van der Waals surface area contributed by atoms with Gasteiger partial charge in [-0.3, -0.25) is 14.4 Å². The summed E-state index contributed by atoms with van der Waals surface area (Å²) >= 11 is 6.06. The number of pyridine rings is 1. The number of carboxylic acids is 1. The second-order valence-corrected chi connectivity index (χ2v) is 11.6. The summed E-state index contributed by atoms with van der Waals surface area (Å²) in [6.45, 7) is 11.0. The van der Waals surface area contributed by atoms with Gasteiger partial charge in [0.05, 0.1) is 17.7 Å². The zero-order valence-corrected chi connectivity index (χ0v) is 22.6. The number of hydrogen-bond donors (Lipinski definition) is 1. The fraction of sp³-hybridized carbons (Fsp3) is 0.429. The number of aromatic nitrogens is 1. The first-order chi connectivity index (χ1) is 17.3. The molecule has 2 amide bonds. The van der Waals surface area contributed by atoms with Crippen LogP contribution in [0, 0.1) is 0 Å². The molecule has 1 fully saturated rings. The van der Waals surface area contributed by atoms with Gasteiger partial charge in [-0.15, -0.1) is 0 Å². The average molecular weight is 526 g/mol. The Morgan fingerprint density at radius 1 is 1.08 bits per heavy atom. The number of hydrogen-bond acceptors (Lipinski definition) is 5. The third-order valence-corrected chi connectivity index (χ3v) is 6.94. The van der Waals surface area contributed by atoms with E-state index in [0.717, 1.165) is 16.8 Å². The number of benzene rings is 1. The van der Waals surface area contributed by atoms with Crippen molar-refractivity contribution in [2.24, 2.45) is 0 Å². The van der Waals surface area contributed by atoms with Crippen molar-refractivity contribution in [1.82, 2.24) is 14.8 Å². The number of rotatable bonds is 5. The summed E-state index contributed by atoms with van der Waals surface area (Å²) in [7, 11) is 0. The molecule has 0 aliphatic carbocycles. The minimum atomic E-state index is -1.01. The molecule has 4 rings (SSSR count). The minimum Gasteiger partial charge on any atom is -0.481 e. The highest BCUT2D eigenvalue weighted by Crippen LogP contribution is 2.35. The molecule has 2 aromatic heterocycles. The number of piperazine rings is 1. The number of halogens is 1. The molecule has 37 heavy (non-hydrogen) atoms. The van der Waals surface area contributed by atoms with Gasteiger partial charge >= 0.3 is 5.97 Å². The molecule has 3 heterocycles. The van der Waals surface area contributed by atoms with Gasteiger partial charge in [0.15, 0.2) is 11.3 Å². The molecule has 1 aromatic carbocycles. The minimum absolute atomic E-state index is 0.0554. The SMILES string of the molecule is CC(C)(C)c1cc(-c2ccc(Cl)cc2)nc2cc(C(=O)N3CCN(C(=O)CCC(=O)O)CC3(C)C)oc12. The standard InChI is InChI=1S/C28H32ClN3O5/c1-27(2,3)19-14-20(17-6-8-18(29)9-7-17)30-21-15-22(37-25(19)21)26(36)32-13-12-31(16-28(32,4)5)23(33)10-11-24(34)35/h6-9,14-15H,10-13,16H2,1-5H3,(H,34,35). The van der Waals surface area contributed by atoms with E-state index in [1.54, 1.807) is 15.9 Å². The van der Waals surface area contributed by atoms with Crippen LogP contribution < -0.4 is 0 Å². The Hall–Kier alpha value is -3.39. The van der Waals surface area contributed by atoms with Gasteiger partial charge in [-0.05, 0) is 37.5 Å². The van der Waals surface area contributed by atoms with E-state index in [-0.39, 0.29) is 35.8 Å². The summed E-state index contributed by atoms with van der Waals surface area (Å²) in [5, 5.41) is 9.52.